The number of hydrogen-bond acceptors (Lipinski definition) is 2. The van der Waals surface area contributed by atoms with E-state index >= 15 is 0 Å². The standard InChI is InChI=1S/C15H20ClFN2OS/c1-10-8-14-13(9-12(10)17)18-15(4-6-16)19(14)11(2)5-7-21(3)20/h8-9,11H,4-7H2,1-3H3. The molecule has 2 unspecified atom stereocenters. The van der Waals surface area contributed by atoms with Gasteiger partial charge in [-0.15, -0.1) is 11.6 Å². The molecule has 2 rings (SSSR count). The molecule has 2 aromatic rings. The van der Waals surface area contributed by atoms with Crippen molar-refractivity contribution in [1.82, 2.24) is 9.55 Å². The minimum atomic E-state index is -0.820. The Bertz CT molecular complexity index is 671. The minimum Gasteiger partial charge on any atom is -0.325 e. The highest BCUT2D eigenvalue weighted by Crippen LogP contribution is 2.26. The molecule has 1 aromatic heterocycles. The van der Waals surface area contributed by atoms with E-state index in [1.54, 1.807) is 13.2 Å². The Morgan fingerprint density at radius 3 is 2.81 bits per heavy atom. The zero-order valence-corrected chi connectivity index (χ0v) is 14.1. The highest BCUT2D eigenvalue weighted by atomic mass is 35.5. The molecule has 0 saturated carbocycles. The minimum absolute atomic E-state index is 0.155. The number of aryl methyl sites for hydroxylation is 2. The highest BCUT2D eigenvalue weighted by molar-refractivity contribution is 7.84. The van der Waals surface area contributed by atoms with Crippen molar-refractivity contribution in [3.05, 3.63) is 29.3 Å². The number of benzene rings is 1. The summed E-state index contributed by atoms with van der Waals surface area (Å²) in [5, 5.41) is 0. The molecule has 2 atom stereocenters. The lowest BCUT2D eigenvalue weighted by Gasteiger charge is -2.17. The van der Waals surface area contributed by atoms with E-state index in [2.05, 4.69) is 16.5 Å². The van der Waals surface area contributed by atoms with Crippen LogP contribution in [-0.2, 0) is 17.2 Å². The zero-order chi connectivity index (χ0) is 15.6. The summed E-state index contributed by atoms with van der Waals surface area (Å²) < 4.78 is 27.1. The Morgan fingerprint density at radius 1 is 1.48 bits per heavy atom. The van der Waals surface area contributed by atoms with E-state index in [-0.39, 0.29) is 11.9 Å². The molecule has 0 aliphatic rings. The zero-order valence-electron chi connectivity index (χ0n) is 12.5. The van der Waals surface area contributed by atoms with Gasteiger partial charge in [0.05, 0.1) is 11.0 Å². The molecule has 0 radical (unpaired) electrons. The van der Waals surface area contributed by atoms with E-state index in [9.17, 15) is 8.60 Å². The lowest BCUT2D eigenvalue weighted by molar-refractivity contribution is 0.525. The van der Waals surface area contributed by atoms with E-state index < -0.39 is 10.8 Å². The molecule has 0 N–H and O–H groups in total. The first-order chi connectivity index (χ1) is 9.93. The molecule has 3 nitrogen and oxygen atoms in total. The van der Waals surface area contributed by atoms with Crippen molar-refractivity contribution in [2.45, 2.75) is 32.7 Å². The fourth-order valence-corrected chi connectivity index (χ4v) is 3.33. The summed E-state index contributed by atoms with van der Waals surface area (Å²) in [6, 6.07) is 3.46. The van der Waals surface area contributed by atoms with Crippen molar-refractivity contribution < 1.29 is 8.60 Å². The van der Waals surface area contributed by atoms with Crippen molar-refractivity contribution in [3.8, 4) is 0 Å². The van der Waals surface area contributed by atoms with Crippen LogP contribution in [0, 0.1) is 12.7 Å². The van der Waals surface area contributed by atoms with Crippen LogP contribution in [0.2, 0.25) is 0 Å². The molecule has 0 bridgehead atoms. The van der Waals surface area contributed by atoms with Crippen molar-refractivity contribution in [3.63, 3.8) is 0 Å². The van der Waals surface area contributed by atoms with Crippen LogP contribution in [0.1, 0.15) is 30.8 Å². The van der Waals surface area contributed by atoms with Gasteiger partial charge in [0.1, 0.15) is 11.6 Å². The van der Waals surface area contributed by atoms with Crippen LogP contribution in [0.15, 0.2) is 12.1 Å². The predicted octanol–water partition coefficient (Wildman–Crippen LogP) is 3.59. The summed E-state index contributed by atoms with van der Waals surface area (Å²) in [6.07, 6.45) is 3.13. The van der Waals surface area contributed by atoms with Crippen molar-refractivity contribution in [1.29, 1.82) is 0 Å². The van der Waals surface area contributed by atoms with Gasteiger partial charge < -0.3 is 4.57 Å². The van der Waals surface area contributed by atoms with E-state index in [0.29, 0.717) is 29.1 Å². The second-order valence-electron chi connectivity index (χ2n) is 5.34. The largest absolute Gasteiger partial charge is 0.325 e. The van der Waals surface area contributed by atoms with Gasteiger partial charge in [-0.2, -0.15) is 0 Å². The molecule has 0 aliphatic carbocycles. The molecule has 6 heteroatoms. The van der Waals surface area contributed by atoms with Crippen LogP contribution in [0.3, 0.4) is 0 Å². The van der Waals surface area contributed by atoms with Gasteiger partial charge in [0, 0.05) is 47.2 Å². The lowest BCUT2D eigenvalue weighted by atomic mass is 10.2. The molecule has 0 fully saturated rings. The summed E-state index contributed by atoms with van der Waals surface area (Å²) in [5.74, 6) is 1.73. The number of imidazole rings is 1. The molecule has 116 valence electrons. The summed E-state index contributed by atoms with van der Waals surface area (Å²) >= 11 is 5.85. The molecular formula is C15H20ClFN2OS. The van der Waals surface area contributed by atoms with Gasteiger partial charge in [0.2, 0.25) is 0 Å². The van der Waals surface area contributed by atoms with E-state index in [1.807, 2.05) is 6.07 Å². The van der Waals surface area contributed by atoms with E-state index in [1.165, 1.54) is 6.07 Å². The number of hydrogen-bond donors (Lipinski definition) is 0. The third-order valence-corrected chi connectivity index (χ3v) is 4.62. The summed E-state index contributed by atoms with van der Waals surface area (Å²) in [5.41, 5.74) is 2.18. The van der Waals surface area contributed by atoms with Crippen molar-refractivity contribution in [2.24, 2.45) is 0 Å². The van der Waals surface area contributed by atoms with Gasteiger partial charge in [-0.3, -0.25) is 4.21 Å². The number of rotatable bonds is 6. The molecular weight excluding hydrogens is 311 g/mol. The fraction of sp³-hybridized carbons (Fsp3) is 0.533. The molecule has 0 spiro atoms. The van der Waals surface area contributed by atoms with Crippen molar-refractivity contribution >= 4 is 33.4 Å². The normalized spacial score (nSPS) is 14.5. The maximum Gasteiger partial charge on any atom is 0.128 e. The average molecular weight is 331 g/mol. The van der Waals surface area contributed by atoms with Gasteiger partial charge in [0.15, 0.2) is 0 Å². The van der Waals surface area contributed by atoms with Crippen LogP contribution in [0.5, 0.6) is 0 Å². The van der Waals surface area contributed by atoms with Crippen LogP contribution < -0.4 is 0 Å². The lowest BCUT2D eigenvalue weighted by Crippen LogP contribution is -2.12. The maximum absolute atomic E-state index is 13.7. The van der Waals surface area contributed by atoms with Crippen LogP contribution in [0.4, 0.5) is 4.39 Å². The smallest absolute Gasteiger partial charge is 0.128 e. The number of nitrogens with zero attached hydrogens (tertiary/aromatic N) is 2. The van der Waals surface area contributed by atoms with Crippen molar-refractivity contribution in [2.75, 3.05) is 17.9 Å². The van der Waals surface area contributed by atoms with Gasteiger partial charge in [0.25, 0.3) is 0 Å². The third-order valence-electron chi connectivity index (χ3n) is 3.62. The Balaban J connectivity index is 2.49. The SMILES string of the molecule is Cc1cc2c(cc1F)nc(CCCl)n2C(C)CCS(C)=O. The number of fused-ring (bicyclic) bond motifs is 1. The predicted molar refractivity (Wildman–Crippen MR) is 87.1 cm³/mol. The summed E-state index contributed by atoms with van der Waals surface area (Å²) in [6.45, 7) is 3.82. The third kappa shape index (κ3) is 3.64. The quantitative estimate of drug-likeness (QED) is 0.759. The maximum atomic E-state index is 13.7. The average Bonchev–Trinajstić information content (AvgIpc) is 2.74. The van der Waals surface area contributed by atoms with Gasteiger partial charge in [-0.25, -0.2) is 9.37 Å². The molecule has 0 saturated heterocycles. The monoisotopic (exact) mass is 330 g/mol. The Labute approximate surface area is 132 Å². The Hall–Kier alpha value is -0.940. The Morgan fingerprint density at radius 2 is 2.19 bits per heavy atom. The summed E-state index contributed by atoms with van der Waals surface area (Å²) in [7, 11) is -0.820. The second kappa shape index (κ2) is 6.88. The molecule has 1 aromatic carbocycles. The van der Waals surface area contributed by atoms with Crippen LogP contribution in [0.25, 0.3) is 11.0 Å². The number of halogens is 2. The molecule has 0 aliphatic heterocycles. The molecule has 0 amide bonds. The van der Waals surface area contributed by atoms with E-state index in [0.717, 1.165) is 17.8 Å². The fourth-order valence-electron chi connectivity index (χ4n) is 2.49. The van der Waals surface area contributed by atoms with E-state index in [4.69, 9.17) is 11.6 Å². The first-order valence-electron chi connectivity index (χ1n) is 6.97. The molecule has 1 heterocycles. The second-order valence-corrected chi connectivity index (χ2v) is 7.27. The molecule has 21 heavy (non-hydrogen) atoms. The van der Waals surface area contributed by atoms with Crippen LogP contribution >= 0.6 is 11.6 Å². The topological polar surface area (TPSA) is 34.9 Å². The highest BCUT2D eigenvalue weighted by Gasteiger charge is 2.17. The van der Waals surface area contributed by atoms with Gasteiger partial charge in [-0.1, -0.05) is 0 Å². The first kappa shape index (κ1) is 16.4. The number of alkyl halides is 1. The van der Waals surface area contributed by atoms with Crippen LogP contribution in [-0.4, -0.2) is 31.6 Å². The van der Waals surface area contributed by atoms with Gasteiger partial charge >= 0.3 is 0 Å². The summed E-state index contributed by atoms with van der Waals surface area (Å²) in [4.78, 5) is 4.52. The van der Waals surface area contributed by atoms with Gasteiger partial charge in [-0.05, 0) is 31.9 Å². The number of aromatic nitrogens is 2. The first-order valence-corrected chi connectivity index (χ1v) is 9.23. The Kier molecular flexibility index (Phi) is 5.38.